The molecule has 0 spiro atoms. The van der Waals surface area contributed by atoms with Gasteiger partial charge in [0.2, 0.25) is 0 Å². The molecular weight excluding hydrogens is 154 g/mol. The molecule has 0 bridgehead atoms. The fraction of sp³-hybridized carbons (Fsp3) is 1.00. The fourth-order valence-corrected chi connectivity index (χ4v) is 1.87. The van der Waals surface area contributed by atoms with Crippen molar-refractivity contribution in [3.8, 4) is 0 Å². The van der Waals surface area contributed by atoms with Gasteiger partial charge in [-0.2, -0.15) is 0 Å². The van der Waals surface area contributed by atoms with Crippen LogP contribution in [0.15, 0.2) is 0 Å². The van der Waals surface area contributed by atoms with Gasteiger partial charge < -0.3 is 9.84 Å². The third-order valence-electron chi connectivity index (χ3n) is 2.90. The Bertz CT molecular complexity index is 145. The molecule has 2 rings (SSSR count). The quantitative estimate of drug-likeness (QED) is 0.646. The minimum Gasteiger partial charge on any atom is -0.396 e. The Balaban J connectivity index is 1.66. The molecule has 70 valence electrons. The highest BCUT2D eigenvalue weighted by molar-refractivity contribution is 4.88. The van der Waals surface area contributed by atoms with Gasteiger partial charge in [-0.05, 0) is 18.3 Å². The van der Waals surface area contributed by atoms with E-state index in [9.17, 15) is 0 Å². The predicted molar refractivity (Wildman–Crippen MR) is 45.9 cm³/mol. The highest BCUT2D eigenvalue weighted by Gasteiger charge is 2.37. The molecule has 1 aliphatic heterocycles. The maximum atomic E-state index is 8.86. The smallest absolute Gasteiger partial charge is 0.0594 e. The first-order valence-electron chi connectivity index (χ1n) is 4.81. The summed E-state index contributed by atoms with van der Waals surface area (Å²) in [6, 6.07) is 0. The first-order chi connectivity index (χ1) is 5.90. The summed E-state index contributed by atoms with van der Waals surface area (Å²) in [4.78, 5) is 2.45. The van der Waals surface area contributed by atoms with Crippen LogP contribution in [0.2, 0.25) is 0 Å². The Morgan fingerprint density at radius 2 is 2.00 bits per heavy atom. The zero-order valence-corrected chi connectivity index (χ0v) is 7.41. The number of morpholine rings is 1. The van der Waals surface area contributed by atoms with Crippen LogP contribution in [0.1, 0.15) is 6.42 Å². The van der Waals surface area contributed by atoms with Crippen molar-refractivity contribution in [3.63, 3.8) is 0 Å². The van der Waals surface area contributed by atoms with Gasteiger partial charge in [-0.1, -0.05) is 0 Å². The van der Waals surface area contributed by atoms with Crippen molar-refractivity contribution in [1.82, 2.24) is 4.90 Å². The van der Waals surface area contributed by atoms with E-state index in [-0.39, 0.29) is 0 Å². The molecule has 3 heteroatoms. The standard InChI is InChI=1S/C9H17NO2/c11-7-9-5-8(9)6-10-1-3-12-4-2-10/h8-9,11H,1-7H2/t8-,9+/m1/s1. The Labute approximate surface area is 73.3 Å². The zero-order valence-electron chi connectivity index (χ0n) is 7.41. The van der Waals surface area contributed by atoms with Crippen molar-refractivity contribution in [3.05, 3.63) is 0 Å². The zero-order chi connectivity index (χ0) is 8.39. The number of ether oxygens (including phenoxy) is 1. The molecule has 2 atom stereocenters. The Hall–Kier alpha value is -0.120. The fourth-order valence-electron chi connectivity index (χ4n) is 1.87. The van der Waals surface area contributed by atoms with Crippen LogP contribution in [-0.2, 0) is 4.74 Å². The average Bonchev–Trinajstić information content (AvgIpc) is 2.85. The molecule has 0 aromatic heterocycles. The van der Waals surface area contributed by atoms with E-state index in [2.05, 4.69) is 4.90 Å². The number of aliphatic hydroxyl groups excluding tert-OH is 1. The molecule has 3 nitrogen and oxygen atoms in total. The number of hydrogen-bond acceptors (Lipinski definition) is 3. The third-order valence-corrected chi connectivity index (χ3v) is 2.90. The molecule has 1 heterocycles. The normalized spacial score (nSPS) is 36.8. The van der Waals surface area contributed by atoms with E-state index in [0.29, 0.717) is 12.5 Å². The second kappa shape index (κ2) is 3.73. The topological polar surface area (TPSA) is 32.7 Å². The Morgan fingerprint density at radius 1 is 1.25 bits per heavy atom. The predicted octanol–water partition coefficient (Wildman–Crippen LogP) is -0.0530. The van der Waals surface area contributed by atoms with Crippen LogP contribution >= 0.6 is 0 Å². The van der Waals surface area contributed by atoms with Gasteiger partial charge in [0.15, 0.2) is 0 Å². The summed E-state index contributed by atoms with van der Waals surface area (Å²) in [6.45, 7) is 5.49. The Morgan fingerprint density at radius 3 is 2.58 bits per heavy atom. The van der Waals surface area contributed by atoms with Gasteiger partial charge in [-0.3, -0.25) is 4.90 Å². The van der Waals surface area contributed by atoms with E-state index < -0.39 is 0 Å². The van der Waals surface area contributed by atoms with E-state index in [1.54, 1.807) is 0 Å². The molecule has 12 heavy (non-hydrogen) atoms. The van der Waals surface area contributed by atoms with E-state index in [1.165, 1.54) is 13.0 Å². The summed E-state index contributed by atoms with van der Waals surface area (Å²) in [7, 11) is 0. The monoisotopic (exact) mass is 171 g/mol. The minimum absolute atomic E-state index is 0.384. The largest absolute Gasteiger partial charge is 0.396 e. The van der Waals surface area contributed by atoms with Crippen LogP contribution in [0.5, 0.6) is 0 Å². The summed E-state index contributed by atoms with van der Waals surface area (Å²) >= 11 is 0. The summed E-state index contributed by atoms with van der Waals surface area (Å²) in [5.41, 5.74) is 0. The first-order valence-corrected chi connectivity index (χ1v) is 4.81. The van der Waals surface area contributed by atoms with Gasteiger partial charge in [-0.25, -0.2) is 0 Å². The highest BCUT2D eigenvalue weighted by Crippen LogP contribution is 2.38. The maximum absolute atomic E-state index is 8.86. The second-order valence-electron chi connectivity index (χ2n) is 3.85. The molecule has 0 aromatic carbocycles. The van der Waals surface area contributed by atoms with Crippen LogP contribution in [0.25, 0.3) is 0 Å². The van der Waals surface area contributed by atoms with Gasteiger partial charge in [0, 0.05) is 26.2 Å². The summed E-state index contributed by atoms with van der Waals surface area (Å²) in [6.07, 6.45) is 1.23. The van der Waals surface area contributed by atoms with Crippen LogP contribution < -0.4 is 0 Å². The summed E-state index contributed by atoms with van der Waals surface area (Å²) in [5.74, 6) is 1.38. The number of aliphatic hydroxyl groups is 1. The van der Waals surface area contributed by atoms with Gasteiger partial charge >= 0.3 is 0 Å². The number of rotatable bonds is 3. The molecule has 0 amide bonds. The lowest BCUT2D eigenvalue weighted by molar-refractivity contribution is 0.0347. The molecule has 0 radical (unpaired) electrons. The minimum atomic E-state index is 0.384. The molecule has 1 saturated heterocycles. The van der Waals surface area contributed by atoms with Crippen LogP contribution in [0, 0.1) is 11.8 Å². The van der Waals surface area contributed by atoms with Crippen molar-refractivity contribution in [2.75, 3.05) is 39.5 Å². The van der Waals surface area contributed by atoms with Crippen molar-refractivity contribution >= 4 is 0 Å². The molecule has 1 aliphatic carbocycles. The van der Waals surface area contributed by atoms with Gasteiger partial charge in [0.05, 0.1) is 13.2 Å². The first kappa shape index (κ1) is 8.48. The molecule has 1 saturated carbocycles. The lowest BCUT2D eigenvalue weighted by Crippen LogP contribution is -2.37. The summed E-state index contributed by atoms with van der Waals surface area (Å²) in [5, 5.41) is 8.86. The lowest BCUT2D eigenvalue weighted by Gasteiger charge is -2.26. The highest BCUT2D eigenvalue weighted by atomic mass is 16.5. The molecular formula is C9H17NO2. The van der Waals surface area contributed by atoms with E-state index in [0.717, 1.165) is 32.2 Å². The van der Waals surface area contributed by atoms with Gasteiger partial charge in [0.1, 0.15) is 0 Å². The van der Waals surface area contributed by atoms with E-state index in [1.807, 2.05) is 0 Å². The molecule has 2 aliphatic rings. The van der Waals surface area contributed by atoms with Crippen molar-refractivity contribution in [2.45, 2.75) is 6.42 Å². The average molecular weight is 171 g/mol. The van der Waals surface area contributed by atoms with Crippen molar-refractivity contribution in [1.29, 1.82) is 0 Å². The molecule has 1 N–H and O–H groups in total. The number of nitrogens with zero attached hydrogens (tertiary/aromatic N) is 1. The van der Waals surface area contributed by atoms with Crippen molar-refractivity contribution in [2.24, 2.45) is 11.8 Å². The van der Waals surface area contributed by atoms with Gasteiger partial charge in [-0.15, -0.1) is 0 Å². The summed E-state index contributed by atoms with van der Waals surface area (Å²) < 4.78 is 5.26. The van der Waals surface area contributed by atoms with E-state index in [4.69, 9.17) is 9.84 Å². The van der Waals surface area contributed by atoms with Gasteiger partial charge in [0.25, 0.3) is 0 Å². The molecule has 2 fully saturated rings. The van der Waals surface area contributed by atoms with Crippen LogP contribution in [0.4, 0.5) is 0 Å². The lowest BCUT2D eigenvalue weighted by atomic mass is 10.3. The third kappa shape index (κ3) is 1.97. The van der Waals surface area contributed by atoms with E-state index >= 15 is 0 Å². The van der Waals surface area contributed by atoms with Crippen LogP contribution in [0.3, 0.4) is 0 Å². The SMILES string of the molecule is OC[C@@H]1C[C@@H]1CN1CCOCC1. The molecule has 0 aromatic rings. The van der Waals surface area contributed by atoms with Crippen molar-refractivity contribution < 1.29 is 9.84 Å². The Kier molecular flexibility index (Phi) is 2.63. The number of hydrogen-bond donors (Lipinski definition) is 1. The molecule has 0 unspecified atom stereocenters. The second-order valence-corrected chi connectivity index (χ2v) is 3.85. The maximum Gasteiger partial charge on any atom is 0.0594 e. The van der Waals surface area contributed by atoms with Crippen LogP contribution in [-0.4, -0.2) is 49.5 Å².